The van der Waals surface area contributed by atoms with Gasteiger partial charge in [-0.05, 0) is 31.9 Å². The first-order valence-electron chi connectivity index (χ1n) is 9.14. The second-order valence-corrected chi connectivity index (χ2v) is 6.74. The minimum atomic E-state index is 0.353. The molecule has 4 rings (SSSR count). The first kappa shape index (κ1) is 16.7. The van der Waals surface area contributed by atoms with Gasteiger partial charge in [0.25, 0.3) is 0 Å². The van der Waals surface area contributed by atoms with Crippen molar-refractivity contribution in [2.45, 2.75) is 25.7 Å². The molecular weight excluding hydrogens is 322 g/mol. The monoisotopic (exact) mass is 345 g/mol. The molecule has 1 aliphatic heterocycles. The van der Waals surface area contributed by atoms with Crippen molar-refractivity contribution in [2.75, 3.05) is 18.5 Å². The van der Waals surface area contributed by atoms with Crippen molar-refractivity contribution in [3.8, 4) is 11.3 Å². The summed E-state index contributed by atoms with van der Waals surface area (Å²) in [4.78, 5) is 9.70. The van der Waals surface area contributed by atoms with E-state index in [0.717, 1.165) is 54.6 Å². The van der Waals surface area contributed by atoms with Crippen LogP contribution in [-0.2, 0) is 4.74 Å². The number of benzene rings is 2. The van der Waals surface area contributed by atoms with Crippen LogP contribution < -0.4 is 5.32 Å². The molecule has 0 aliphatic carbocycles. The zero-order chi connectivity index (χ0) is 17.8. The van der Waals surface area contributed by atoms with Gasteiger partial charge in [-0.15, -0.1) is 0 Å². The molecule has 26 heavy (non-hydrogen) atoms. The minimum absolute atomic E-state index is 0.353. The molecule has 1 N–H and O–H groups in total. The lowest BCUT2D eigenvalue weighted by molar-refractivity contribution is 0.0836. The number of rotatable bonds is 4. The largest absolute Gasteiger partial charge is 0.381 e. The fourth-order valence-electron chi connectivity index (χ4n) is 3.21. The maximum Gasteiger partial charge on any atom is 0.134 e. The molecule has 1 saturated heterocycles. The van der Waals surface area contributed by atoms with Crippen LogP contribution in [0.3, 0.4) is 0 Å². The van der Waals surface area contributed by atoms with Crippen LogP contribution in [-0.4, -0.2) is 23.2 Å². The van der Waals surface area contributed by atoms with E-state index in [0.29, 0.717) is 5.92 Å². The summed E-state index contributed by atoms with van der Waals surface area (Å²) < 4.78 is 5.50. The predicted molar refractivity (Wildman–Crippen MR) is 105 cm³/mol. The van der Waals surface area contributed by atoms with Gasteiger partial charge in [-0.2, -0.15) is 0 Å². The summed E-state index contributed by atoms with van der Waals surface area (Å²) in [7, 11) is 0. The Labute approximate surface area is 154 Å². The number of hydrogen-bond donors (Lipinski definition) is 1. The van der Waals surface area contributed by atoms with Crippen molar-refractivity contribution in [2.24, 2.45) is 0 Å². The van der Waals surface area contributed by atoms with Crippen LogP contribution >= 0.6 is 0 Å². The number of nitrogens with one attached hydrogen (secondary N) is 1. The lowest BCUT2D eigenvalue weighted by Crippen LogP contribution is -2.17. The van der Waals surface area contributed by atoms with Crippen molar-refractivity contribution < 1.29 is 4.74 Å². The van der Waals surface area contributed by atoms with Crippen molar-refractivity contribution in [1.82, 2.24) is 9.97 Å². The first-order chi connectivity index (χ1) is 12.8. The van der Waals surface area contributed by atoms with E-state index in [2.05, 4.69) is 48.6 Å². The van der Waals surface area contributed by atoms with Crippen LogP contribution in [0.25, 0.3) is 11.3 Å². The van der Waals surface area contributed by atoms with Gasteiger partial charge in [0.05, 0.1) is 5.69 Å². The van der Waals surface area contributed by atoms with Crippen LogP contribution in [0, 0.1) is 6.92 Å². The summed E-state index contributed by atoms with van der Waals surface area (Å²) in [5.41, 5.74) is 4.34. The van der Waals surface area contributed by atoms with Crippen molar-refractivity contribution in [1.29, 1.82) is 0 Å². The Morgan fingerprint density at radius 2 is 1.65 bits per heavy atom. The highest BCUT2D eigenvalue weighted by Crippen LogP contribution is 2.29. The molecule has 0 saturated carbocycles. The van der Waals surface area contributed by atoms with Gasteiger partial charge >= 0.3 is 0 Å². The maximum atomic E-state index is 5.50. The van der Waals surface area contributed by atoms with E-state index in [9.17, 15) is 0 Å². The highest BCUT2D eigenvalue weighted by Gasteiger charge is 2.20. The Morgan fingerprint density at radius 3 is 2.38 bits per heavy atom. The number of ether oxygens (including phenoxy) is 1. The van der Waals surface area contributed by atoms with Gasteiger partial charge in [-0.3, -0.25) is 0 Å². The van der Waals surface area contributed by atoms with Crippen LogP contribution in [0.4, 0.5) is 11.5 Å². The lowest BCUT2D eigenvalue weighted by Gasteiger charge is -2.22. The van der Waals surface area contributed by atoms with Crippen molar-refractivity contribution in [3.05, 3.63) is 72.1 Å². The Morgan fingerprint density at radius 1 is 0.923 bits per heavy atom. The van der Waals surface area contributed by atoms with Crippen LogP contribution in [0.2, 0.25) is 0 Å². The second kappa shape index (κ2) is 7.67. The average Bonchev–Trinajstić information content (AvgIpc) is 2.71. The van der Waals surface area contributed by atoms with Crippen LogP contribution in [0.1, 0.15) is 30.1 Å². The molecule has 0 unspecified atom stereocenters. The van der Waals surface area contributed by atoms with Gasteiger partial charge < -0.3 is 10.1 Å². The molecule has 4 heteroatoms. The standard InChI is InChI=1S/C22H23N3O/c1-16-7-9-19(10-8-16)23-21-15-20(17-5-3-2-4-6-17)24-22(25-21)18-11-13-26-14-12-18/h2-10,15,18H,11-14H2,1H3,(H,23,24,25). The molecule has 1 fully saturated rings. The van der Waals surface area contributed by atoms with E-state index in [-0.39, 0.29) is 0 Å². The summed E-state index contributed by atoms with van der Waals surface area (Å²) in [6, 6.07) is 20.7. The zero-order valence-electron chi connectivity index (χ0n) is 15.0. The number of anilines is 2. The molecule has 0 radical (unpaired) electrons. The molecule has 0 bridgehead atoms. The van der Waals surface area contributed by atoms with Gasteiger partial charge in [0, 0.05) is 36.4 Å². The molecule has 2 aromatic carbocycles. The topological polar surface area (TPSA) is 47.0 Å². The molecule has 1 aliphatic rings. The van der Waals surface area contributed by atoms with Gasteiger partial charge in [0.1, 0.15) is 11.6 Å². The summed E-state index contributed by atoms with van der Waals surface area (Å²) in [5.74, 6) is 2.10. The van der Waals surface area contributed by atoms with E-state index < -0.39 is 0 Å². The molecule has 3 aromatic rings. The lowest BCUT2D eigenvalue weighted by atomic mass is 9.99. The normalized spacial score (nSPS) is 15.0. The summed E-state index contributed by atoms with van der Waals surface area (Å²) >= 11 is 0. The molecule has 0 spiro atoms. The number of aromatic nitrogens is 2. The van der Waals surface area contributed by atoms with E-state index >= 15 is 0 Å². The molecule has 0 atom stereocenters. The van der Waals surface area contributed by atoms with E-state index in [1.54, 1.807) is 0 Å². The van der Waals surface area contributed by atoms with Crippen LogP contribution in [0.15, 0.2) is 60.7 Å². The SMILES string of the molecule is Cc1ccc(Nc2cc(-c3ccccc3)nc(C3CCOCC3)n2)cc1. The fourth-order valence-corrected chi connectivity index (χ4v) is 3.21. The van der Waals surface area contributed by atoms with Crippen LogP contribution in [0.5, 0.6) is 0 Å². The Hall–Kier alpha value is -2.72. The maximum absolute atomic E-state index is 5.50. The second-order valence-electron chi connectivity index (χ2n) is 6.74. The quantitative estimate of drug-likeness (QED) is 0.715. The Kier molecular flexibility index (Phi) is 4.93. The summed E-state index contributed by atoms with van der Waals surface area (Å²) in [6.07, 6.45) is 1.95. The van der Waals surface area contributed by atoms with Crippen molar-refractivity contribution in [3.63, 3.8) is 0 Å². The van der Waals surface area contributed by atoms with Crippen molar-refractivity contribution >= 4 is 11.5 Å². The molecule has 132 valence electrons. The van der Waals surface area contributed by atoms with Gasteiger partial charge in [-0.1, -0.05) is 48.0 Å². The van der Waals surface area contributed by atoms with Gasteiger partial charge in [0.15, 0.2) is 0 Å². The summed E-state index contributed by atoms with van der Waals surface area (Å²) in [5, 5.41) is 3.44. The Bertz CT molecular complexity index is 856. The Balaban J connectivity index is 1.70. The number of nitrogens with zero attached hydrogens (tertiary/aromatic N) is 2. The smallest absolute Gasteiger partial charge is 0.134 e. The fraction of sp³-hybridized carbons (Fsp3) is 0.273. The highest BCUT2D eigenvalue weighted by molar-refractivity contribution is 5.65. The number of aryl methyl sites for hydroxylation is 1. The van der Waals surface area contributed by atoms with E-state index in [1.807, 2.05) is 24.3 Å². The minimum Gasteiger partial charge on any atom is -0.381 e. The predicted octanol–water partition coefficient (Wildman–Crippen LogP) is 5.09. The van der Waals surface area contributed by atoms with E-state index in [4.69, 9.17) is 14.7 Å². The van der Waals surface area contributed by atoms with E-state index in [1.165, 1.54) is 5.56 Å². The molecule has 0 amide bonds. The summed E-state index contributed by atoms with van der Waals surface area (Å²) in [6.45, 7) is 3.65. The molecule has 4 nitrogen and oxygen atoms in total. The highest BCUT2D eigenvalue weighted by atomic mass is 16.5. The molecule has 1 aromatic heterocycles. The van der Waals surface area contributed by atoms with Gasteiger partial charge in [-0.25, -0.2) is 9.97 Å². The zero-order valence-corrected chi connectivity index (χ0v) is 15.0. The first-order valence-corrected chi connectivity index (χ1v) is 9.14. The third-order valence-electron chi connectivity index (χ3n) is 4.72. The average molecular weight is 345 g/mol. The van der Waals surface area contributed by atoms with Gasteiger partial charge in [0.2, 0.25) is 0 Å². The molecule has 2 heterocycles. The third-order valence-corrected chi connectivity index (χ3v) is 4.72. The third kappa shape index (κ3) is 3.92. The number of hydrogen-bond acceptors (Lipinski definition) is 4. The molecular formula is C22H23N3O.